The van der Waals surface area contributed by atoms with Crippen LogP contribution < -0.4 is 4.72 Å². The fourth-order valence-corrected chi connectivity index (χ4v) is 4.21. The molecule has 1 fully saturated rings. The number of carbonyl (C=O) groups is 1. The van der Waals surface area contributed by atoms with E-state index in [1.807, 2.05) is 0 Å². The van der Waals surface area contributed by atoms with Crippen LogP contribution in [0.2, 0.25) is 0 Å². The lowest BCUT2D eigenvalue weighted by Crippen LogP contribution is -2.43. The van der Waals surface area contributed by atoms with Crippen LogP contribution in [-0.4, -0.2) is 44.6 Å². The fraction of sp³-hybridized carbons (Fsp3) is 0.562. The van der Waals surface area contributed by atoms with Crippen LogP contribution in [0.5, 0.6) is 0 Å². The number of rotatable bonds is 5. The Morgan fingerprint density at radius 1 is 1.46 bits per heavy atom. The van der Waals surface area contributed by atoms with Crippen LogP contribution in [-0.2, 0) is 21.2 Å². The van der Waals surface area contributed by atoms with E-state index in [4.69, 9.17) is 0 Å². The third kappa shape index (κ3) is 4.77. The van der Waals surface area contributed by atoms with E-state index in [0.717, 1.165) is 6.26 Å². The predicted octanol–water partition coefficient (Wildman–Crippen LogP) is 2.31. The number of nitrogens with zero attached hydrogens (tertiary/aromatic N) is 1. The first-order valence-electron chi connectivity index (χ1n) is 7.69. The second kappa shape index (κ2) is 7.09. The van der Waals surface area contributed by atoms with Crippen LogP contribution in [0.4, 0.5) is 4.39 Å². The molecule has 1 unspecified atom stereocenters. The molecule has 1 amide bonds. The Hall–Kier alpha value is -0.990. The first kappa shape index (κ1) is 19.3. The second-order valence-electron chi connectivity index (χ2n) is 6.90. The van der Waals surface area contributed by atoms with Crippen molar-refractivity contribution < 1.29 is 17.6 Å². The highest BCUT2D eigenvalue weighted by molar-refractivity contribution is 9.10. The molecule has 1 atom stereocenters. The summed E-state index contributed by atoms with van der Waals surface area (Å²) in [6.07, 6.45) is 1.97. The maximum absolute atomic E-state index is 14.2. The zero-order valence-corrected chi connectivity index (χ0v) is 16.4. The van der Waals surface area contributed by atoms with E-state index in [1.54, 1.807) is 36.9 Å². The molecule has 0 aromatic heterocycles. The Morgan fingerprint density at radius 2 is 2.12 bits per heavy atom. The summed E-state index contributed by atoms with van der Waals surface area (Å²) in [5.41, 5.74) is -0.297. The summed E-state index contributed by atoms with van der Waals surface area (Å²) in [6, 6.07) is 4.77. The number of likely N-dealkylation sites (tertiary alicyclic amines) is 1. The third-order valence-electron chi connectivity index (χ3n) is 4.10. The van der Waals surface area contributed by atoms with Crippen LogP contribution in [0.15, 0.2) is 22.7 Å². The van der Waals surface area contributed by atoms with Crippen LogP contribution in [0.1, 0.15) is 25.8 Å². The molecule has 0 saturated carbocycles. The molecule has 0 bridgehead atoms. The van der Waals surface area contributed by atoms with E-state index < -0.39 is 15.4 Å². The Balaban J connectivity index is 2.07. The molecule has 8 heteroatoms. The van der Waals surface area contributed by atoms with Crippen LogP contribution in [0.3, 0.4) is 0 Å². The number of carbonyl (C=O) groups excluding carboxylic acids is 1. The molecular formula is C16H22BrFN2O3S. The largest absolute Gasteiger partial charge is 0.341 e. The highest BCUT2D eigenvalue weighted by Gasteiger charge is 2.37. The van der Waals surface area contributed by atoms with Gasteiger partial charge in [0.2, 0.25) is 15.9 Å². The number of hydrogen-bond acceptors (Lipinski definition) is 3. The first-order chi connectivity index (χ1) is 11.0. The lowest BCUT2D eigenvalue weighted by molar-refractivity contribution is -0.139. The molecule has 1 aliphatic rings. The molecule has 1 N–H and O–H groups in total. The minimum atomic E-state index is -3.29. The van der Waals surface area contributed by atoms with Gasteiger partial charge in [-0.05, 0) is 40.4 Å². The molecule has 2 rings (SSSR count). The minimum absolute atomic E-state index is 0.0975. The number of hydrogen-bond donors (Lipinski definition) is 1. The van der Waals surface area contributed by atoms with Gasteiger partial charge in [0.05, 0.1) is 10.7 Å². The van der Waals surface area contributed by atoms with Crippen molar-refractivity contribution in [3.05, 3.63) is 34.1 Å². The monoisotopic (exact) mass is 420 g/mol. The van der Waals surface area contributed by atoms with E-state index >= 15 is 0 Å². The first-order valence-corrected chi connectivity index (χ1v) is 10.4. The third-order valence-corrected chi connectivity index (χ3v) is 5.47. The van der Waals surface area contributed by atoms with Gasteiger partial charge in [-0.1, -0.05) is 26.0 Å². The average molecular weight is 421 g/mol. The van der Waals surface area contributed by atoms with Gasteiger partial charge >= 0.3 is 0 Å². The van der Waals surface area contributed by atoms with Gasteiger partial charge < -0.3 is 4.90 Å². The van der Waals surface area contributed by atoms with Gasteiger partial charge in [-0.15, -0.1) is 0 Å². The summed E-state index contributed by atoms with van der Waals surface area (Å²) in [4.78, 5) is 14.4. The van der Waals surface area contributed by atoms with Gasteiger partial charge in [0.15, 0.2) is 0 Å². The summed E-state index contributed by atoms with van der Waals surface area (Å²) in [5.74, 6) is -0.448. The molecule has 1 aromatic carbocycles. The lowest BCUT2D eigenvalue weighted by atomic mass is 9.84. The van der Waals surface area contributed by atoms with Crippen LogP contribution >= 0.6 is 15.9 Å². The topological polar surface area (TPSA) is 66.5 Å². The highest BCUT2D eigenvalue weighted by Crippen LogP contribution is 2.29. The Labute approximate surface area is 150 Å². The summed E-state index contributed by atoms with van der Waals surface area (Å²) >= 11 is 3.16. The molecular weight excluding hydrogens is 399 g/mol. The van der Waals surface area contributed by atoms with E-state index in [0.29, 0.717) is 29.5 Å². The van der Waals surface area contributed by atoms with E-state index in [9.17, 15) is 17.6 Å². The minimum Gasteiger partial charge on any atom is -0.341 e. The quantitative estimate of drug-likeness (QED) is 0.794. The van der Waals surface area contributed by atoms with Crippen LogP contribution in [0, 0.1) is 11.2 Å². The Bertz CT molecular complexity index is 737. The molecule has 1 heterocycles. The number of benzene rings is 1. The molecule has 134 valence electrons. The van der Waals surface area contributed by atoms with Crippen molar-refractivity contribution >= 4 is 31.9 Å². The second-order valence-corrected chi connectivity index (χ2v) is 9.53. The smallest absolute Gasteiger partial charge is 0.228 e. The average Bonchev–Trinajstić information content (AvgIpc) is 2.89. The number of halogens is 2. The van der Waals surface area contributed by atoms with Gasteiger partial charge in [-0.3, -0.25) is 4.79 Å². The number of nitrogens with one attached hydrogen (secondary N) is 1. The summed E-state index contributed by atoms with van der Waals surface area (Å²) < 4.78 is 39.7. The van der Waals surface area contributed by atoms with Gasteiger partial charge in [-0.2, -0.15) is 0 Å². The number of sulfonamides is 1. The molecule has 0 spiro atoms. The van der Waals surface area contributed by atoms with Crippen molar-refractivity contribution in [1.82, 2.24) is 9.62 Å². The van der Waals surface area contributed by atoms with Crippen molar-refractivity contribution in [1.29, 1.82) is 0 Å². The Morgan fingerprint density at radius 3 is 2.75 bits per heavy atom. The van der Waals surface area contributed by atoms with Gasteiger partial charge in [0.25, 0.3) is 0 Å². The standard InChI is InChI=1S/C16H22BrFN2O3S/c1-16(2,9-11-5-4-6-13(17)14(11)18)15(21)20-8-7-12(10-20)19-24(3,22)23/h4-6,12,19H,7-10H2,1-3H3. The summed E-state index contributed by atoms with van der Waals surface area (Å²) in [5, 5.41) is 0. The lowest BCUT2D eigenvalue weighted by Gasteiger charge is -2.29. The molecule has 1 aromatic rings. The normalized spacial score (nSPS) is 18.9. The van der Waals surface area contributed by atoms with Crippen molar-refractivity contribution in [2.24, 2.45) is 5.41 Å². The van der Waals surface area contributed by atoms with Crippen molar-refractivity contribution in [2.45, 2.75) is 32.7 Å². The number of amides is 1. The zero-order chi connectivity index (χ0) is 18.1. The van der Waals surface area contributed by atoms with Crippen molar-refractivity contribution in [3.63, 3.8) is 0 Å². The predicted molar refractivity (Wildman–Crippen MR) is 94.5 cm³/mol. The molecule has 0 aliphatic carbocycles. The van der Waals surface area contributed by atoms with E-state index in [-0.39, 0.29) is 24.2 Å². The molecule has 5 nitrogen and oxygen atoms in total. The maximum atomic E-state index is 14.2. The Kier molecular flexibility index (Phi) is 5.71. The molecule has 1 saturated heterocycles. The van der Waals surface area contributed by atoms with Crippen molar-refractivity contribution in [3.8, 4) is 0 Å². The molecule has 1 aliphatic heterocycles. The van der Waals surface area contributed by atoms with Gasteiger partial charge in [0, 0.05) is 24.5 Å². The summed E-state index contributed by atoms with van der Waals surface area (Å²) in [6.45, 7) is 4.41. The fourth-order valence-electron chi connectivity index (χ4n) is 3.01. The molecule has 0 radical (unpaired) electrons. The van der Waals surface area contributed by atoms with E-state index in [2.05, 4.69) is 20.7 Å². The van der Waals surface area contributed by atoms with Gasteiger partial charge in [0.1, 0.15) is 5.82 Å². The van der Waals surface area contributed by atoms with Crippen LogP contribution in [0.25, 0.3) is 0 Å². The molecule has 24 heavy (non-hydrogen) atoms. The van der Waals surface area contributed by atoms with Gasteiger partial charge in [-0.25, -0.2) is 17.5 Å². The summed E-state index contributed by atoms with van der Waals surface area (Å²) in [7, 11) is -3.29. The SMILES string of the molecule is CC(C)(Cc1cccc(Br)c1F)C(=O)N1CCC(NS(C)(=O)=O)C1. The van der Waals surface area contributed by atoms with E-state index in [1.165, 1.54) is 0 Å². The highest BCUT2D eigenvalue weighted by atomic mass is 79.9. The maximum Gasteiger partial charge on any atom is 0.228 e. The van der Waals surface area contributed by atoms with Crippen molar-refractivity contribution in [2.75, 3.05) is 19.3 Å². The zero-order valence-electron chi connectivity index (χ0n) is 14.0.